The largest absolute Gasteiger partial charge is 0.594 e. The van der Waals surface area contributed by atoms with E-state index in [2.05, 4.69) is 10.1 Å². The lowest BCUT2D eigenvalue weighted by molar-refractivity contribution is -0.641. The molecule has 0 aliphatic rings. The third-order valence-corrected chi connectivity index (χ3v) is 2.80. The van der Waals surface area contributed by atoms with Crippen molar-refractivity contribution in [2.45, 2.75) is 0 Å². The molecule has 0 amide bonds. The standard InChI is InChI=1S/C11H7N5O3/c12-11-13-10-7-4-2-1-3-6(7)8(16(18)19)5-9(10)15(17)14-11/h1-5H,(H2,12,13,14). The van der Waals surface area contributed by atoms with Crippen molar-refractivity contribution in [1.82, 2.24) is 10.1 Å². The first-order valence-corrected chi connectivity index (χ1v) is 5.31. The summed E-state index contributed by atoms with van der Waals surface area (Å²) in [5.74, 6) is -0.179. The van der Waals surface area contributed by atoms with Crippen molar-refractivity contribution >= 4 is 33.4 Å². The summed E-state index contributed by atoms with van der Waals surface area (Å²) in [6, 6.07) is 7.79. The van der Waals surface area contributed by atoms with E-state index in [4.69, 9.17) is 5.73 Å². The minimum atomic E-state index is -0.544. The number of nitro benzene ring substituents is 1. The molecule has 2 aromatic carbocycles. The van der Waals surface area contributed by atoms with Crippen LogP contribution in [0.4, 0.5) is 11.6 Å². The van der Waals surface area contributed by atoms with Crippen molar-refractivity contribution in [3.8, 4) is 0 Å². The zero-order valence-corrected chi connectivity index (χ0v) is 9.48. The number of anilines is 1. The molecule has 3 rings (SSSR count). The summed E-state index contributed by atoms with van der Waals surface area (Å²) < 4.78 is 0. The monoisotopic (exact) mass is 257 g/mol. The summed E-state index contributed by atoms with van der Waals surface area (Å²) in [6.45, 7) is 0. The van der Waals surface area contributed by atoms with Gasteiger partial charge < -0.3 is 10.9 Å². The van der Waals surface area contributed by atoms with Gasteiger partial charge in [0.05, 0.1) is 21.5 Å². The van der Waals surface area contributed by atoms with E-state index in [1.165, 1.54) is 0 Å². The minimum absolute atomic E-state index is 0.0135. The smallest absolute Gasteiger partial charge is 0.288 e. The highest BCUT2D eigenvalue weighted by Gasteiger charge is 2.21. The van der Waals surface area contributed by atoms with Crippen LogP contribution in [0.1, 0.15) is 0 Å². The SMILES string of the molecule is Nc1nc2c3ccccc3c([N+](=O)[O-])cc2[n+]([O-])n1. The van der Waals surface area contributed by atoms with E-state index in [9.17, 15) is 15.3 Å². The number of rotatable bonds is 1. The topological polar surface area (TPSA) is 122 Å². The Hall–Kier alpha value is -3.03. The summed E-state index contributed by atoms with van der Waals surface area (Å²) in [4.78, 5) is 14.8. The maximum Gasteiger partial charge on any atom is 0.288 e. The van der Waals surface area contributed by atoms with Crippen molar-refractivity contribution in [1.29, 1.82) is 0 Å². The van der Waals surface area contributed by atoms with Crippen LogP contribution in [0.5, 0.6) is 0 Å². The number of hydrogen-bond donors (Lipinski definition) is 1. The Labute approximate surface area is 105 Å². The number of nitrogens with zero attached hydrogens (tertiary/aromatic N) is 4. The fraction of sp³-hybridized carbons (Fsp3) is 0. The second-order valence-corrected chi connectivity index (χ2v) is 3.91. The van der Waals surface area contributed by atoms with Crippen LogP contribution in [0.2, 0.25) is 0 Å². The first-order chi connectivity index (χ1) is 9.08. The lowest BCUT2D eigenvalue weighted by Crippen LogP contribution is -2.33. The van der Waals surface area contributed by atoms with Gasteiger partial charge in [-0.3, -0.25) is 10.1 Å². The molecule has 0 atom stereocenters. The maximum absolute atomic E-state index is 11.7. The summed E-state index contributed by atoms with van der Waals surface area (Å²) in [6.07, 6.45) is 0. The molecule has 19 heavy (non-hydrogen) atoms. The van der Waals surface area contributed by atoms with E-state index in [1.807, 2.05) is 0 Å². The first kappa shape index (κ1) is 11.1. The lowest BCUT2D eigenvalue weighted by Gasteiger charge is -2.04. The van der Waals surface area contributed by atoms with Crippen molar-refractivity contribution in [2.24, 2.45) is 0 Å². The predicted molar refractivity (Wildman–Crippen MR) is 67.1 cm³/mol. The van der Waals surface area contributed by atoms with Gasteiger partial charge in [0.15, 0.2) is 5.52 Å². The van der Waals surface area contributed by atoms with Gasteiger partial charge in [-0.15, -0.1) is 0 Å². The predicted octanol–water partition coefficient (Wildman–Crippen LogP) is 0.907. The van der Waals surface area contributed by atoms with Crippen LogP contribution >= 0.6 is 0 Å². The summed E-state index contributed by atoms with van der Waals surface area (Å²) in [5.41, 5.74) is 5.58. The Balaban J connectivity index is 2.61. The van der Waals surface area contributed by atoms with Crippen LogP contribution in [0, 0.1) is 15.3 Å². The van der Waals surface area contributed by atoms with Gasteiger partial charge in [0.1, 0.15) is 0 Å². The molecule has 0 radical (unpaired) electrons. The Bertz CT molecular complexity index is 833. The molecule has 0 aliphatic carbocycles. The van der Waals surface area contributed by atoms with Gasteiger partial charge in [-0.05, 0) is 10.9 Å². The molecule has 3 aromatic rings. The number of nitrogen functional groups attached to an aromatic ring is 1. The van der Waals surface area contributed by atoms with E-state index < -0.39 is 4.92 Å². The van der Waals surface area contributed by atoms with Crippen LogP contribution in [0.15, 0.2) is 30.3 Å². The van der Waals surface area contributed by atoms with Crippen LogP contribution < -0.4 is 10.6 Å². The molecular formula is C11H7N5O3. The van der Waals surface area contributed by atoms with Crippen molar-refractivity contribution in [2.75, 3.05) is 5.73 Å². The van der Waals surface area contributed by atoms with Crippen LogP contribution in [0.3, 0.4) is 0 Å². The third kappa shape index (κ3) is 1.58. The van der Waals surface area contributed by atoms with Crippen LogP contribution in [-0.2, 0) is 0 Å². The van der Waals surface area contributed by atoms with Gasteiger partial charge in [-0.1, -0.05) is 18.2 Å². The minimum Gasteiger partial charge on any atom is -0.594 e. The van der Waals surface area contributed by atoms with Gasteiger partial charge >= 0.3 is 0 Å². The maximum atomic E-state index is 11.7. The third-order valence-electron chi connectivity index (χ3n) is 2.80. The van der Waals surface area contributed by atoms with E-state index in [1.54, 1.807) is 24.3 Å². The molecule has 0 saturated heterocycles. The molecule has 1 aromatic heterocycles. The average Bonchev–Trinajstić information content (AvgIpc) is 2.37. The van der Waals surface area contributed by atoms with Gasteiger partial charge in [-0.2, -0.15) is 0 Å². The molecule has 2 N–H and O–H groups in total. The van der Waals surface area contributed by atoms with E-state index in [0.717, 1.165) is 6.07 Å². The molecule has 8 heteroatoms. The van der Waals surface area contributed by atoms with Gasteiger partial charge in [0, 0.05) is 5.39 Å². The van der Waals surface area contributed by atoms with E-state index in [-0.39, 0.29) is 22.0 Å². The average molecular weight is 257 g/mol. The molecule has 1 heterocycles. The normalized spacial score (nSPS) is 10.9. The van der Waals surface area contributed by atoms with Crippen molar-refractivity contribution in [3.05, 3.63) is 45.7 Å². The molecule has 0 aliphatic heterocycles. The fourth-order valence-corrected chi connectivity index (χ4v) is 2.02. The van der Waals surface area contributed by atoms with Gasteiger partial charge in [-0.25, -0.2) is 4.98 Å². The quantitative estimate of drug-likeness (QED) is 0.227. The zero-order valence-electron chi connectivity index (χ0n) is 9.48. The fourth-order valence-electron chi connectivity index (χ4n) is 2.02. The van der Waals surface area contributed by atoms with Gasteiger partial charge in [0.2, 0.25) is 0 Å². The Morgan fingerprint density at radius 2 is 1.95 bits per heavy atom. The Morgan fingerprint density at radius 3 is 2.63 bits per heavy atom. The highest BCUT2D eigenvalue weighted by atomic mass is 16.6. The highest BCUT2D eigenvalue weighted by molar-refractivity contribution is 6.07. The second kappa shape index (κ2) is 3.73. The number of aromatic nitrogens is 3. The number of benzene rings is 2. The summed E-state index contributed by atoms with van der Waals surface area (Å²) >= 11 is 0. The van der Waals surface area contributed by atoms with Crippen molar-refractivity contribution in [3.63, 3.8) is 0 Å². The molecular weight excluding hydrogens is 250 g/mol. The molecule has 0 fully saturated rings. The Kier molecular flexibility index (Phi) is 2.18. The number of nitrogens with two attached hydrogens (primary N) is 1. The number of fused-ring (bicyclic) bond motifs is 3. The van der Waals surface area contributed by atoms with Gasteiger partial charge in [0.25, 0.3) is 17.2 Å². The molecule has 0 bridgehead atoms. The first-order valence-electron chi connectivity index (χ1n) is 5.31. The number of nitro groups is 1. The highest BCUT2D eigenvalue weighted by Crippen LogP contribution is 2.30. The van der Waals surface area contributed by atoms with E-state index >= 15 is 0 Å². The zero-order chi connectivity index (χ0) is 13.6. The van der Waals surface area contributed by atoms with Crippen LogP contribution in [0.25, 0.3) is 21.8 Å². The van der Waals surface area contributed by atoms with Crippen molar-refractivity contribution < 1.29 is 9.77 Å². The Morgan fingerprint density at radius 1 is 1.26 bits per heavy atom. The molecule has 8 nitrogen and oxygen atoms in total. The molecule has 0 saturated carbocycles. The van der Waals surface area contributed by atoms with E-state index in [0.29, 0.717) is 16.3 Å². The lowest BCUT2D eigenvalue weighted by atomic mass is 10.1. The molecule has 0 spiro atoms. The number of hydrogen-bond acceptors (Lipinski definition) is 6. The molecule has 94 valence electrons. The van der Waals surface area contributed by atoms with Crippen LogP contribution in [-0.4, -0.2) is 15.0 Å². The second-order valence-electron chi connectivity index (χ2n) is 3.91. The molecule has 0 unspecified atom stereocenters. The summed E-state index contributed by atoms with van der Waals surface area (Å²) in [7, 11) is 0. The number of non-ortho nitro benzene ring substituents is 1. The summed E-state index contributed by atoms with van der Waals surface area (Å²) in [5, 5.41) is 27.1.